The minimum atomic E-state index is -0.347. The normalized spacial score (nSPS) is 11.3. The molecule has 0 aromatic carbocycles. The van der Waals surface area contributed by atoms with Gasteiger partial charge in [-0.2, -0.15) is 0 Å². The number of rotatable bonds is 4. The number of halogens is 1. The SMILES string of the molecule is C[N+](C)(C)CCCC(=O)OCl. The molecule has 0 N–H and O–H groups in total. The van der Waals surface area contributed by atoms with E-state index < -0.39 is 0 Å². The highest BCUT2D eigenvalue weighted by Gasteiger charge is 2.08. The molecule has 0 fully saturated rings. The van der Waals surface area contributed by atoms with Crippen LogP contribution in [0.5, 0.6) is 0 Å². The second-order valence-electron chi connectivity index (χ2n) is 3.57. The largest absolute Gasteiger partial charge is 0.348 e. The summed E-state index contributed by atoms with van der Waals surface area (Å²) in [6.07, 6.45) is 1.22. The van der Waals surface area contributed by atoms with E-state index in [9.17, 15) is 4.79 Å². The van der Waals surface area contributed by atoms with E-state index in [1.54, 1.807) is 0 Å². The summed E-state index contributed by atoms with van der Waals surface area (Å²) in [5.41, 5.74) is 0. The minimum absolute atomic E-state index is 0.347. The average Bonchev–Trinajstić information content (AvgIpc) is 1.85. The standard InChI is InChI=1S/C7H15ClNO2/c1-9(2,3)6-4-5-7(10)11-8/h4-6H2,1-3H3/q+1. The molecule has 11 heavy (non-hydrogen) atoms. The summed E-state index contributed by atoms with van der Waals surface area (Å²) < 4.78 is 4.85. The third-order valence-corrected chi connectivity index (χ3v) is 1.47. The second-order valence-corrected chi connectivity index (χ2v) is 3.72. The molecule has 0 rings (SSSR count). The van der Waals surface area contributed by atoms with Gasteiger partial charge in [-0.05, 0) is 0 Å². The van der Waals surface area contributed by atoms with Gasteiger partial charge in [0.25, 0.3) is 0 Å². The van der Waals surface area contributed by atoms with E-state index in [-0.39, 0.29) is 5.97 Å². The number of hydrogen-bond donors (Lipinski definition) is 0. The summed E-state index contributed by atoms with van der Waals surface area (Å²) in [6.45, 7) is 0.950. The van der Waals surface area contributed by atoms with Gasteiger partial charge in [-0.1, -0.05) is 0 Å². The molecule has 0 spiro atoms. The molecule has 0 saturated carbocycles. The van der Waals surface area contributed by atoms with Crippen LogP contribution in [0.1, 0.15) is 12.8 Å². The molecule has 0 aliphatic carbocycles. The topological polar surface area (TPSA) is 26.3 Å². The summed E-state index contributed by atoms with van der Waals surface area (Å²) in [5.74, 6) is -0.347. The molecule has 66 valence electrons. The minimum Gasteiger partial charge on any atom is -0.348 e. The molecule has 0 saturated heterocycles. The van der Waals surface area contributed by atoms with E-state index in [4.69, 9.17) is 11.9 Å². The van der Waals surface area contributed by atoms with Crippen molar-refractivity contribution in [3.05, 3.63) is 0 Å². The Morgan fingerprint density at radius 2 is 2.00 bits per heavy atom. The Hall–Kier alpha value is -0.280. The van der Waals surface area contributed by atoms with Gasteiger partial charge in [-0.15, -0.1) is 0 Å². The molecule has 0 unspecified atom stereocenters. The van der Waals surface area contributed by atoms with E-state index in [1.165, 1.54) is 0 Å². The lowest BCUT2D eigenvalue weighted by Crippen LogP contribution is -2.35. The zero-order chi connectivity index (χ0) is 8.91. The predicted molar refractivity (Wildman–Crippen MR) is 44.1 cm³/mol. The van der Waals surface area contributed by atoms with Crippen molar-refractivity contribution in [3.8, 4) is 0 Å². The Bertz CT molecular complexity index is 131. The summed E-state index contributed by atoms with van der Waals surface area (Å²) in [7, 11) is 6.23. The molecule has 0 radical (unpaired) electrons. The van der Waals surface area contributed by atoms with Crippen LogP contribution in [-0.2, 0) is 9.08 Å². The quantitative estimate of drug-likeness (QED) is 0.608. The fraction of sp³-hybridized carbons (Fsp3) is 0.857. The van der Waals surface area contributed by atoms with Crippen molar-refractivity contribution in [2.24, 2.45) is 0 Å². The van der Waals surface area contributed by atoms with Crippen LogP contribution in [-0.4, -0.2) is 38.1 Å². The van der Waals surface area contributed by atoms with Gasteiger partial charge in [0, 0.05) is 6.42 Å². The van der Waals surface area contributed by atoms with Crippen molar-refractivity contribution < 1.29 is 13.6 Å². The Kier molecular flexibility index (Phi) is 4.45. The number of carbonyl (C=O) groups is 1. The molecule has 4 heteroatoms. The van der Waals surface area contributed by atoms with Crippen molar-refractivity contribution in [1.82, 2.24) is 0 Å². The highest BCUT2D eigenvalue weighted by molar-refractivity contribution is 6.13. The van der Waals surface area contributed by atoms with Gasteiger partial charge >= 0.3 is 5.97 Å². The van der Waals surface area contributed by atoms with Gasteiger partial charge in [0.1, 0.15) is 11.9 Å². The lowest BCUT2D eigenvalue weighted by molar-refractivity contribution is -0.870. The van der Waals surface area contributed by atoms with Gasteiger partial charge in [0.2, 0.25) is 0 Å². The molecular weight excluding hydrogens is 166 g/mol. The van der Waals surface area contributed by atoms with E-state index in [0.717, 1.165) is 17.4 Å². The van der Waals surface area contributed by atoms with E-state index in [1.807, 2.05) is 0 Å². The summed E-state index contributed by atoms with van der Waals surface area (Å²) >= 11 is 4.85. The van der Waals surface area contributed by atoms with Gasteiger partial charge in [-0.25, -0.2) is 0 Å². The fourth-order valence-corrected chi connectivity index (χ4v) is 0.813. The number of hydrogen-bond acceptors (Lipinski definition) is 2. The van der Waals surface area contributed by atoms with Crippen molar-refractivity contribution in [2.45, 2.75) is 12.8 Å². The third-order valence-electron chi connectivity index (χ3n) is 1.30. The molecule has 0 aliphatic rings. The van der Waals surface area contributed by atoms with Crippen LogP contribution in [0.4, 0.5) is 0 Å². The molecule has 0 aliphatic heterocycles. The molecular formula is C7H15ClNO2+. The van der Waals surface area contributed by atoms with Gasteiger partial charge in [0.05, 0.1) is 34.1 Å². The summed E-state index contributed by atoms with van der Waals surface area (Å²) in [5, 5.41) is 0. The Balaban J connectivity index is 3.35. The molecule has 0 aromatic heterocycles. The maximum atomic E-state index is 10.5. The molecule has 3 nitrogen and oxygen atoms in total. The van der Waals surface area contributed by atoms with Crippen LogP contribution in [0.3, 0.4) is 0 Å². The van der Waals surface area contributed by atoms with E-state index in [2.05, 4.69) is 25.4 Å². The zero-order valence-corrected chi connectivity index (χ0v) is 8.02. The van der Waals surface area contributed by atoms with Crippen LogP contribution < -0.4 is 0 Å². The van der Waals surface area contributed by atoms with Crippen LogP contribution in [0.25, 0.3) is 0 Å². The van der Waals surface area contributed by atoms with Gasteiger partial charge in [0.15, 0.2) is 0 Å². The van der Waals surface area contributed by atoms with Crippen molar-refractivity contribution in [1.29, 1.82) is 0 Å². The number of nitrogens with zero attached hydrogens (tertiary/aromatic N) is 1. The summed E-state index contributed by atoms with van der Waals surface area (Å²) in [4.78, 5) is 10.5. The van der Waals surface area contributed by atoms with Crippen LogP contribution in [0.2, 0.25) is 0 Å². The van der Waals surface area contributed by atoms with Crippen molar-refractivity contribution in [3.63, 3.8) is 0 Å². The van der Waals surface area contributed by atoms with E-state index in [0.29, 0.717) is 6.42 Å². The monoisotopic (exact) mass is 180 g/mol. The first-order valence-electron chi connectivity index (χ1n) is 3.57. The summed E-state index contributed by atoms with van der Waals surface area (Å²) in [6, 6.07) is 0. The second kappa shape index (κ2) is 4.57. The lowest BCUT2D eigenvalue weighted by atomic mass is 10.3. The first-order valence-corrected chi connectivity index (χ1v) is 3.88. The highest BCUT2D eigenvalue weighted by atomic mass is 35.5. The van der Waals surface area contributed by atoms with Crippen LogP contribution in [0, 0.1) is 0 Å². The molecule has 0 atom stereocenters. The van der Waals surface area contributed by atoms with Gasteiger partial charge < -0.3 is 8.77 Å². The third kappa shape index (κ3) is 7.62. The first kappa shape index (κ1) is 10.7. The van der Waals surface area contributed by atoms with Crippen LogP contribution >= 0.6 is 11.9 Å². The fourth-order valence-electron chi connectivity index (χ4n) is 0.736. The number of carbonyl (C=O) groups excluding carboxylic acids is 1. The van der Waals surface area contributed by atoms with Crippen molar-refractivity contribution in [2.75, 3.05) is 27.7 Å². The van der Waals surface area contributed by atoms with Crippen LogP contribution in [0.15, 0.2) is 0 Å². The highest BCUT2D eigenvalue weighted by Crippen LogP contribution is 1.99. The smallest absolute Gasteiger partial charge is 0.324 e. The lowest BCUT2D eigenvalue weighted by Gasteiger charge is -2.23. The Morgan fingerprint density at radius 3 is 2.36 bits per heavy atom. The average molecular weight is 181 g/mol. The Morgan fingerprint density at radius 1 is 1.45 bits per heavy atom. The molecule has 0 heterocycles. The van der Waals surface area contributed by atoms with Gasteiger partial charge in [-0.3, -0.25) is 4.79 Å². The predicted octanol–water partition coefficient (Wildman–Crippen LogP) is 1.17. The van der Waals surface area contributed by atoms with E-state index >= 15 is 0 Å². The maximum Gasteiger partial charge on any atom is 0.324 e. The Labute approximate surface area is 72.6 Å². The van der Waals surface area contributed by atoms with Crippen molar-refractivity contribution >= 4 is 17.8 Å². The number of quaternary nitrogens is 1. The molecule has 0 bridgehead atoms. The molecule has 0 amide bonds. The maximum absolute atomic E-state index is 10.5. The first-order chi connectivity index (χ1) is 4.95. The zero-order valence-electron chi connectivity index (χ0n) is 7.26. The molecule has 0 aromatic rings.